The van der Waals surface area contributed by atoms with Gasteiger partial charge in [-0.1, -0.05) is 24.3 Å². The molecule has 0 bridgehead atoms. The Bertz CT molecular complexity index is 765. The molecule has 0 aromatic heterocycles. The van der Waals surface area contributed by atoms with Gasteiger partial charge in [0.25, 0.3) is 0 Å². The van der Waals surface area contributed by atoms with Crippen molar-refractivity contribution < 1.29 is 23.8 Å². The molecule has 0 unspecified atom stereocenters. The molecule has 0 amide bonds. The lowest BCUT2D eigenvalue weighted by Crippen LogP contribution is -2.27. The normalized spacial score (nSPS) is 19.8. The van der Waals surface area contributed by atoms with E-state index in [9.17, 15) is 14.3 Å². The zero-order valence-electron chi connectivity index (χ0n) is 15.3. The molecule has 0 radical (unpaired) electrons. The van der Waals surface area contributed by atoms with E-state index in [1.165, 1.54) is 12.1 Å². The van der Waals surface area contributed by atoms with E-state index in [1.54, 1.807) is 12.1 Å². The predicted molar refractivity (Wildman–Crippen MR) is 99.8 cm³/mol. The van der Waals surface area contributed by atoms with E-state index >= 15 is 0 Å². The van der Waals surface area contributed by atoms with Crippen LogP contribution in [0.25, 0.3) is 0 Å². The molecule has 0 aliphatic carbocycles. The highest BCUT2D eigenvalue weighted by atomic mass is 19.1. The van der Waals surface area contributed by atoms with Gasteiger partial charge >= 0.3 is 5.97 Å². The van der Waals surface area contributed by atoms with Gasteiger partial charge in [0.2, 0.25) is 0 Å². The molecule has 1 heterocycles. The van der Waals surface area contributed by atoms with Crippen LogP contribution in [0.3, 0.4) is 0 Å². The summed E-state index contributed by atoms with van der Waals surface area (Å²) >= 11 is 0. The quantitative estimate of drug-likeness (QED) is 0.769. The molecule has 6 heteroatoms. The molecule has 1 N–H and O–H groups in total. The second-order valence-corrected chi connectivity index (χ2v) is 6.59. The molecular weight excluding hydrogens is 349 g/mol. The number of halogens is 1. The monoisotopic (exact) mass is 373 g/mol. The minimum atomic E-state index is -0.825. The van der Waals surface area contributed by atoms with E-state index in [0.29, 0.717) is 44.3 Å². The first-order chi connectivity index (χ1) is 13.1. The third-order valence-corrected chi connectivity index (χ3v) is 4.82. The molecule has 2 aromatic carbocycles. The molecule has 144 valence electrons. The maximum atomic E-state index is 13.2. The van der Waals surface area contributed by atoms with Crippen molar-refractivity contribution in [3.8, 4) is 11.5 Å². The maximum absolute atomic E-state index is 13.2. The Labute approximate surface area is 158 Å². The molecule has 27 heavy (non-hydrogen) atoms. The van der Waals surface area contributed by atoms with Crippen molar-refractivity contribution in [1.29, 1.82) is 0 Å². The lowest BCUT2D eigenvalue weighted by molar-refractivity contribution is -0.141. The van der Waals surface area contributed by atoms with Gasteiger partial charge in [-0.25, -0.2) is 4.39 Å². The Kier molecular flexibility index (Phi) is 6.29. The minimum absolute atomic E-state index is 0.154. The van der Waals surface area contributed by atoms with Gasteiger partial charge in [0.05, 0.1) is 12.5 Å². The topological polar surface area (TPSA) is 59.0 Å². The summed E-state index contributed by atoms with van der Waals surface area (Å²) in [6.07, 6.45) is 0. The first kappa shape index (κ1) is 19.2. The third kappa shape index (κ3) is 4.77. The van der Waals surface area contributed by atoms with Crippen LogP contribution >= 0.6 is 0 Å². The fourth-order valence-corrected chi connectivity index (χ4v) is 3.49. The van der Waals surface area contributed by atoms with Gasteiger partial charge in [0, 0.05) is 25.6 Å². The predicted octanol–water partition coefficient (Wildman–Crippen LogP) is 3.40. The van der Waals surface area contributed by atoms with Gasteiger partial charge in [-0.05, 0) is 36.8 Å². The van der Waals surface area contributed by atoms with E-state index in [2.05, 4.69) is 4.90 Å². The first-order valence-electron chi connectivity index (χ1n) is 9.13. The summed E-state index contributed by atoms with van der Waals surface area (Å²) in [7, 11) is 0. The smallest absolute Gasteiger partial charge is 0.308 e. The summed E-state index contributed by atoms with van der Waals surface area (Å²) in [4.78, 5) is 13.7. The third-order valence-electron chi connectivity index (χ3n) is 4.82. The van der Waals surface area contributed by atoms with E-state index in [4.69, 9.17) is 9.47 Å². The minimum Gasteiger partial charge on any atom is -0.490 e. The van der Waals surface area contributed by atoms with Crippen LogP contribution in [0.15, 0.2) is 48.5 Å². The number of hydrogen-bond acceptors (Lipinski definition) is 4. The van der Waals surface area contributed by atoms with Gasteiger partial charge in [0.1, 0.15) is 12.4 Å². The van der Waals surface area contributed by atoms with Crippen molar-refractivity contribution in [2.45, 2.75) is 12.8 Å². The maximum Gasteiger partial charge on any atom is 0.308 e. The number of carboxylic acid groups (broad SMARTS) is 1. The number of aliphatic carboxylic acids is 1. The molecule has 0 spiro atoms. The second-order valence-electron chi connectivity index (χ2n) is 6.59. The van der Waals surface area contributed by atoms with E-state index < -0.39 is 11.9 Å². The first-order valence-corrected chi connectivity index (χ1v) is 9.13. The number of carboxylic acids is 1. The Hall–Kier alpha value is -2.60. The highest BCUT2D eigenvalue weighted by molar-refractivity contribution is 5.72. The van der Waals surface area contributed by atoms with Crippen molar-refractivity contribution in [3.05, 3.63) is 59.9 Å². The van der Waals surface area contributed by atoms with Crippen LogP contribution in [0.2, 0.25) is 0 Å². The number of carbonyl (C=O) groups is 1. The van der Waals surface area contributed by atoms with Crippen LogP contribution in [0.5, 0.6) is 11.5 Å². The summed E-state index contributed by atoms with van der Waals surface area (Å²) in [6.45, 7) is 4.59. The van der Waals surface area contributed by atoms with Crippen molar-refractivity contribution >= 4 is 5.97 Å². The van der Waals surface area contributed by atoms with Crippen molar-refractivity contribution in [2.75, 3.05) is 32.8 Å². The van der Waals surface area contributed by atoms with Crippen LogP contribution < -0.4 is 9.47 Å². The molecule has 0 saturated carbocycles. The average molecular weight is 373 g/mol. The summed E-state index contributed by atoms with van der Waals surface area (Å²) < 4.78 is 24.6. The number of rotatable bonds is 8. The number of ether oxygens (including phenoxy) is 2. The van der Waals surface area contributed by atoms with Gasteiger partial charge in [-0.15, -0.1) is 0 Å². The van der Waals surface area contributed by atoms with Crippen LogP contribution in [0.1, 0.15) is 18.4 Å². The molecule has 1 fully saturated rings. The lowest BCUT2D eigenvalue weighted by atomic mass is 9.89. The molecule has 1 saturated heterocycles. The molecule has 1 aliphatic rings. The van der Waals surface area contributed by atoms with E-state index in [1.807, 2.05) is 31.2 Å². The van der Waals surface area contributed by atoms with Crippen molar-refractivity contribution in [2.24, 2.45) is 5.92 Å². The number of hydrogen-bond donors (Lipinski definition) is 1. The van der Waals surface area contributed by atoms with Crippen LogP contribution in [-0.2, 0) is 4.79 Å². The van der Waals surface area contributed by atoms with Crippen LogP contribution in [0.4, 0.5) is 4.39 Å². The summed E-state index contributed by atoms with van der Waals surface area (Å²) in [5.74, 6) is -0.418. The zero-order chi connectivity index (χ0) is 19.2. The average Bonchev–Trinajstić information content (AvgIpc) is 3.08. The van der Waals surface area contributed by atoms with Crippen molar-refractivity contribution in [3.63, 3.8) is 0 Å². The van der Waals surface area contributed by atoms with E-state index in [-0.39, 0.29) is 11.7 Å². The summed E-state index contributed by atoms with van der Waals surface area (Å²) in [5, 5.41) is 9.57. The van der Waals surface area contributed by atoms with Crippen molar-refractivity contribution in [1.82, 2.24) is 4.90 Å². The Balaban J connectivity index is 1.60. The molecule has 3 rings (SSSR count). The highest BCUT2D eigenvalue weighted by Crippen LogP contribution is 2.33. The summed E-state index contributed by atoms with van der Waals surface area (Å²) in [6, 6.07) is 13.6. The molecule has 1 aliphatic heterocycles. The molecule has 5 nitrogen and oxygen atoms in total. The molecule has 2 aromatic rings. The largest absolute Gasteiger partial charge is 0.490 e. The van der Waals surface area contributed by atoms with Gasteiger partial charge in [-0.2, -0.15) is 0 Å². The standard InChI is InChI=1S/C21H24FNO4/c1-2-26-19-5-3-4-6-20(19)27-12-11-23-13-17(18(14-23)21(24)25)15-7-9-16(22)10-8-15/h3-10,17-18H,2,11-14H2,1H3,(H,24,25)/t17-,18+/m1/s1. The summed E-state index contributed by atoms with van der Waals surface area (Å²) in [5.41, 5.74) is 0.855. The van der Waals surface area contributed by atoms with Crippen LogP contribution in [-0.4, -0.2) is 48.8 Å². The van der Waals surface area contributed by atoms with Gasteiger partial charge in [0.15, 0.2) is 11.5 Å². The molecule has 2 atom stereocenters. The van der Waals surface area contributed by atoms with E-state index in [0.717, 1.165) is 5.56 Å². The Morgan fingerprint density at radius 2 is 1.78 bits per heavy atom. The number of likely N-dealkylation sites (tertiary alicyclic amines) is 1. The lowest BCUT2D eigenvalue weighted by Gasteiger charge is -2.17. The SMILES string of the molecule is CCOc1ccccc1OCCN1C[C@H](C(=O)O)[C@@H](c2ccc(F)cc2)C1. The number of nitrogens with zero attached hydrogens (tertiary/aromatic N) is 1. The molecular formula is C21H24FNO4. The second kappa shape index (κ2) is 8.86. The fourth-order valence-electron chi connectivity index (χ4n) is 3.49. The number of para-hydroxylation sites is 2. The van der Waals surface area contributed by atoms with Crippen LogP contribution in [0, 0.1) is 11.7 Å². The highest BCUT2D eigenvalue weighted by Gasteiger charge is 2.38. The van der Waals surface area contributed by atoms with Gasteiger partial charge < -0.3 is 14.6 Å². The Morgan fingerprint density at radius 3 is 2.41 bits per heavy atom. The zero-order valence-corrected chi connectivity index (χ0v) is 15.3. The van der Waals surface area contributed by atoms with Gasteiger partial charge in [-0.3, -0.25) is 9.69 Å². The number of benzene rings is 2. The fraction of sp³-hybridized carbons (Fsp3) is 0.381. The Morgan fingerprint density at radius 1 is 1.11 bits per heavy atom.